The van der Waals surface area contributed by atoms with Gasteiger partial charge >= 0.3 is 0 Å². The minimum atomic E-state index is 0.774. The zero-order valence-electron chi connectivity index (χ0n) is 9.92. The number of nitrogens with one attached hydrogen (secondary N) is 1. The Hall–Kier alpha value is -0.470. The normalized spacial score (nSPS) is 12.7. The Balaban J connectivity index is 2.31. The molecule has 2 heteroatoms. The summed E-state index contributed by atoms with van der Waals surface area (Å²) in [5, 5.41) is 3.48. The first-order valence-corrected chi connectivity index (χ1v) is 6.82. The van der Waals surface area contributed by atoms with E-state index in [1.807, 2.05) is 0 Å². The molecule has 1 unspecified atom stereocenters. The largest absolute Gasteiger partial charge is 0.312 e. The van der Waals surface area contributed by atoms with Crippen LogP contribution in [0.1, 0.15) is 25.8 Å². The topological polar surface area (TPSA) is 12.0 Å². The van der Waals surface area contributed by atoms with Crippen molar-refractivity contribution in [3.8, 4) is 0 Å². The van der Waals surface area contributed by atoms with Crippen molar-refractivity contribution in [2.75, 3.05) is 12.8 Å². The van der Waals surface area contributed by atoms with Crippen molar-refractivity contribution in [2.45, 2.75) is 31.7 Å². The summed E-state index contributed by atoms with van der Waals surface area (Å²) >= 11 is 1.79. The summed E-state index contributed by atoms with van der Waals surface area (Å²) in [4.78, 5) is 1.33. The van der Waals surface area contributed by atoms with Crippen LogP contribution in [-0.2, 0) is 6.54 Å². The van der Waals surface area contributed by atoms with E-state index in [4.69, 9.17) is 0 Å². The van der Waals surface area contributed by atoms with Gasteiger partial charge in [-0.3, -0.25) is 0 Å². The average molecular weight is 223 g/mol. The molecule has 1 aromatic carbocycles. The fourth-order valence-corrected chi connectivity index (χ4v) is 1.76. The van der Waals surface area contributed by atoms with Gasteiger partial charge in [0.2, 0.25) is 0 Å². The second-order valence-corrected chi connectivity index (χ2v) is 4.87. The van der Waals surface area contributed by atoms with Gasteiger partial charge in [0, 0.05) is 11.4 Å². The molecule has 1 atom stereocenters. The molecule has 0 saturated carbocycles. The molecule has 15 heavy (non-hydrogen) atoms. The SMILES string of the molecule is CCC(C)CNCc1ccc(SC)cc1. The van der Waals surface area contributed by atoms with E-state index < -0.39 is 0 Å². The Kier molecular flexibility index (Phi) is 5.81. The maximum absolute atomic E-state index is 3.48. The molecule has 1 rings (SSSR count). The minimum Gasteiger partial charge on any atom is -0.312 e. The third-order valence-electron chi connectivity index (χ3n) is 2.68. The maximum atomic E-state index is 3.48. The van der Waals surface area contributed by atoms with Crippen LogP contribution in [0, 0.1) is 5.92 Å². The molecule has 84 valence electrons. The molecule has 0 bridgehead atoms. The van der Waals surface area contributed by atoms with Crippen molar-refractivity contribution in [2.24, 2.45) is 5.92 Å². The standard InChI is InChI=1S/C13H21NS/c1-4-11(2)9-14-10-12-5-7-13(15-3)8-6-12/h5-8,11,14H,4,9-10H2,1-3H3. The maximum Gasteiger partial charge on any atom is 0.0205 e. The van der Waals surface area contributed by atoms with Crippen molar-refractivity contribution in [3.63, 3.8) is 0 Å². The van der Waals surface area contributed by atoms with E-state index >= 15 is 0 Å². The van der Waals surface area contributed by atoms with Gasteiger partial charge in [0.05, 0.1) is 0 Å². The quantitative estimate of drug-likeness (QED) is 0.740. The monoisotopic (exact) mass is 223 g/mol. The molecule has 0 radical (unpaired) electrons. The van der Waals surface area contributed by atoms with Crippen LogP contribution in [-0.4, -0.2) is 12.8 Å². The van der Waals surface area contributed by atoms with Gasteiger partial charge in [0.15, 0.2) is 0 Å². The van der Waals surface area contributed by atoms with E-state index in [0.29, 0.717) is 0 Å². The molecule has 0 fully saturated rings. The van der Waals surface area contributed by atoms with Crippen LogP contribution < -0.4 is 5.32 Å². The Morgan fingerprint density at radius 2 is 1.93 bits per heavy atom. The fourth-order valence-electron chi connectivity index (χ4n) is 1.35. The highest BCUT2D eigenvalue weighted by Gasteiger charge is 1.98. The second kappa shape index (κ2) is 6.91. The molecule has 1 aromatic rings. The predicted octanol–water partition coefficient (Wildman–Crippen LogP) is 3.54. The molecule has 0 spiro atoms. The van der Waals surface area contributed by atoms with Gasteiger partial charge in [-0.1, -0.05) is 32.4 Å². The summed E-state index contributed by atoms with van der Waals surface area (Å²) in [5.41, 5.74) is 1.37. The molecule has 0 amide bonds. The lowest BCUT2D eigenvalue weighted by Gasteiger charge is -2.10. The van der Waals surface area contributed by atoms with Gasteiger partial charge in [0.1, 0.15) is 0 Å². The van der Waals surface area contributed by atoms with Crippen LogP contribution in [0.15, 0.2) is 29.2 Å². The van der Waals surface area contributed by atoms with Crippen LogP contribution in [0.3, 0.4) is 0 Å². The van der Waals surface area contributed by atoms with Gasteiger partial charge in [-0.2, -0.15) is 0 Å². The number of rotatable bonds is 6. The molecule has 0 aromatic heterocycles. The van der Waals surface area contributed by atoms with E-state index in [1.54, 1.807) is 11.8 Å². The van der Waals surface area contributed by atoms with Crippen molar-refractivity contribution in [1.29, 1.82) is 0 Å². The smallest absolute Gasteiger partial charge is 0.0205 e. The first-order valence-electron chi connectivity index (χ1n) is 5.60. The molecule has 1 N–H and O–H groups in total. The van der Waals surface area contributed by atoms with Crippen LogP contribution in [0.4, 0.5) is 0 Å². The predicted molar refractivity (Wildman–Crippen MR) is 69.4 cm³/mol. The molecular weight excluding hydrogens is 202 g/mol. The second-order valence-electron chi connectivity index (χ2n) is 3.99. The lowest BCUT2D eigenvalue weighted by atomic mass is 10.1. The molecule has 0 aliphatic carbocycles. The van der Waals surface area contributed by atoms with Crippen LogP contribution in [0.2, 0.25) is 0 Å². The van der Waals surface area contributed by atoms with Gasteiger partial charge in [0.25, 0.3) is 0 Å². The third kappa shape index (κ3) is 4.72. The molecule has 0 aliphatic heterocycles. The molecular formula is C13H21NS. The summed E-state index contributed by atoms with van der Waals surface area (Å²) in [7, 11) is 0. The van der Waals surface area contributed by atoms with Crippen molar-refractivity contribution >= 4 is 11.8 Å². The number of hydrogen-bond acceptors (Lipinski definition) is 2. The lowest BCUT2D eigenvalue weighted by Crippen LogP contribution is -2.20. The van der Waals surface area contributed by atoms with E-state index in [9.17, 15) is 0 Å². The van der Waals surface area contributed by atoms with Crippen LogP contribution in [0.5, 0.6) is 0 Å². The summed E-state index contributed by atoms with van der Waals surface area (Å²) in [6.07, 6.45) is 3.36. The molecule has 0 saturated heterocycles. The first-order chi connectivity index (χ1) is 7.26. The van der Waals surface area contributed by atoms with Gasteiger partial charge < -0.3 is 5.32 Å². The van der Waals surface area contributed by atoms with Crippen molar-refractivity contribution in [3.05, 3.63) is 29.8 Å². The third-order valence-corrected chi connectivity index (χ3v) is 3.42. The number of benzene rings is 1. The Bertz CT molecular complexity index is 268. The Morgan fingerprint density at radius 1 is 1.27 bits per heavy atom. The number of thioether (sulfide) groups is 1. The van der Waals surface area contributed by atoms with Crippen LogP contribution in [0.25, 0.3) is 0 Å². The highest BCUT2D eigenvalue weighted by atomic mass is 32.2. The highest BCUT2D eigenvalue weighted by Crippen LogP contribution is 2.14. The lowest BCUT2D eigenvalue weighted by molar-refractivity contribution is 0.500. The average Bonchev–Trinajstić information content (AvgIpc) is 2.29. The van der Waals surface area contributed by atoms with Crippen LogP contribution >= 0.6 is 11.8 Å². The van der Waals surface area contributed by atoms with Crippen molar-refractivity contribution in [1.82, 2.24) is 5.32 Å². The van der Waals surface area contributed by atoms with Gasteiger partial charge in [-0.15, -0.1) is 11.8 Å². The van der Waals surface area contributed by atoms with E-state index in [-0.39, 0.29) is 0 Å². The number of hydrogen-bond donors (Lipinski definition) is 1. The van der Waals surface area contributed by atoms with E-state index in [1.165, 1.54) is 16.9 Å². The minimum absolute atomic E-state index is 0.774. The Labute approximate surface area is 97.7 Å². The van der Waals surface area contributed by atoms with Gasteiger partial charge in [-0.05, 0) is 36.4 Å². The molecule has 0 aliphatic rings. The molecule has 1 nitrogen and oxygen atoms in total. The Morgan fingerprint density at radius 3 is 2.47 bits per heavy atom. The summed E-state index contributed by atoms with van der Waals surface area (Å²) in [6.45, 7) is 6.61. The summed E-state index contributed by atoms with van der Waals surface area (Å²) in [6, 6.07) is 8.78. The van der Waals surface area contributed by atoms with Crippen molar-refractivity contribution < 1.29 is 0 Å². The van der Waals surface area contributed by atoms with E-state index in [0.717, 1.165) is 19.0 Å². The van der Waals surface area contributed by atoms with Gasteiger partial charge in [-0.25, -0.2) is 0 Å². The summed E-state index contributed by atoms with van der Waals surface area (Å²) < 4.78 is 0. The zero-order valence-corrected chi connectivity index (χ0v) is 10.7. The summed E-state index contributed by atoms with van der Waals surface area (Å²) in [5.74, 6) is 0.774. The highest BCUT2D eigenvalue weighted by molar-refractivity contribution is 7.98. The van der Waals surface area contributed by atoms with E-state index in [2.05, 4.69) is 49.7 Å². The zero-order chi connectivity index (χ0) is 11.1. The fraction of sp³-hybridized carbons (Fsp3) is 0.538. The first kappa shape index (κ1) is 12.6. The molecule has 0 heterocycles.